The first-order valence-corrected chi connectivity index (χ1v) is 10.8. The zero-order valence-electron chi connectivity index (χ0n) is 17.3. The lowest BCUT2D eigenvalue weighted by Crippen LogP contribution is -2.42. The van der Waals surface area contributed by atoms with E-state index in [2.05, 4.69) is 27.3 Å². The highest BCUT2D eigenvalue weighted by molar-refractivity contribution is 5.78. The summed E-state index contributed by atoms with van der Waals surface area (Å²) in [6, 6.07) is 16.0. The summed E-state index contributed by atoms with van der Waals surface area (Å²) < 4.78 is 0. The van der Waals surface area contributed by atoms with E-state index in [1.165, 1.54) is 5.56 Å². The zero-order chi connectivity index (χ0) is 21.4. The van der Waals surface area contributed by atoms with Gasteiger partial charge in [-0.25, -0.2) is 4.98 Å². The number of benzene rings is 1. The second-order valence-electron chi connectivity index (χ2n) is 8.63. The number of aromatic nitrogens is 1. The number of nitrogens with one attached hydrogen (secondary N) is 1. The highest BCUT2D eigenvalue weighted by atomic mass is 16.2. The third-order valence-electron chi connectivity index (χ3n) is 6.82. The summed E-state index contributed by atoms with van der Waals surface area (Å²) in [6.07, 6.45) is 6.26. The molecule has 1 aromatic carbocycles. The molecule has 1 amide bonds. The number of hydrogen-bond donors (Lipinski definition) is 1. The first-order chi connectivity index (χ1) is 15.1. The van der Waals surface area contributed by atoms with Crippen LogP contribution in [0.25, 0.3) is 0 Å². The number of likely N-dealkylation sites (tertiary alicyclic amines) is 1. The lowest BCUT2D eigenvalue weighted by Gasteiger charge is -2.28. The largest absolute Gasteiger partial charge is 0.331 e. The van der Waals surface area contributed by atoms with Crippen molar-refractivity contribution in [2.24, 2.45) is 0 Å². The summed E-state index contributed by atoms with van der Waals surface area (Å²) in [5, 5.41) is 21.6. The van der Waals surface area contributed by atoms with Gasteiger partial charge in [0.05, 0.1) is 23.2 Å². The molecule has 1 saturated carbocycles. The monoisotopic (exact) mass is 412 g/mol. The summed E-state index contributed by atoms with van der Waals surface area (Å²) in [4.78, 5) is 21.7. The number of anilines is 1. The lowest BCUT2D eigenvalue weighted by molar-refractivity contribution is -0.132. The molecule has 156 valence electrons. The molecule has 2 saturated heterocycles. The van der Waals surface area contributed by atoms with E-state index in [0.29, 0.717) is 30.1 Å². The third-order valence-corrected chi connectivity index (χ3v) is 6.82. The number of hydrogen-bond acceptors (Lipinski definition) is 6. The molecule has 3 heterocycles. The van der Waals surface area contributed by atoms with Gasteiger partial charge in [-0.05, 0) is 55.5 Å². The van der Waals surface area contributed by atoms with E-state index < -0.39 is 0 Å². The second kappa shape index (κ2) is 7.68. The van der Waals surface area contributed by atoms with E-state index in [1.54, 1.807) is 12.3 Å². The predicted molar refractivity (Wildman–Crippen MR) is 115 cm³/mol. The number of pyridine rings is 1. The fraction of sp³-hybridized carbons (Fsp3) is 0.417. The number of rotatable bonds is 6. The molecule has 2 bridgehead atoms. The molecule has 5 rings (SSSR count). The molecule has 0 spiro atoms. The van der Waals surface area contributed by atoms with E-state index in [4.69, 9.17) is 10.5 Å². The summed E-state index contributed by atoms with van der Waals surface area (Å²) >= 11 is 0. The number of carbonyl (C=O) groups is 1. The quantitative estimate of drug-likeness (QED) is 0.784. The minimum Gasteiger partial charge on any atom is -0.331 e. The molecule has 3 aliphatic rings. The molecule has 31 heavy (non-hydrogen) atoms. The van der Waals surface area contributed by atoms with Gasteiger partial charge in [0.1, 0.15) is 18.1 Å². The third kappa shape index (κ3) is 3.52. The summed E-state index contributed by atoms with van der Waals surface area (Å²) in [5.41, 5.74) is 2.36. The van der Waals surface area contributed by atoms with Gasteiger partial charge in [-0.3, -0.25) is 4.79 Å². The molecule has 2 atom stereocenters. The van der Waals surface area contributed by atoms with Crippen LogP contribution in [0.15, 0.2) is 42.6 Å². The van der Waals surface area contributed by atoms with Gasteiger partial charge >= 0.3 is 0 Å². The Kier molecular flexibility index (Phi) is 4.84. The number of nitrogens with zero attached hydrogens (tertiary/aromatic N) is 5. The van der Waals surface area contributed by atoms with Crippen molar-refractivity contribution in [1.29, 1.82) is 10.5 Å². The maximum atomic E-state index is 13.0. The topological polar surface area (TPSA) is 96.0 Å². The average Bonchev–Trinajstić information content (AvgIpc) is 3.38. The number of fused-ring (bicyclic) bond motifs is 2. The number of piperidine rings is 1. The van der Waals surface area contributed by atoms with E-state index in [-0.39, 0.29) is 17.6 Å². The Bertz CT molecular complexity index is 1060. The van der Waals surface area contributed by atoms with Gasteiger partial charge in [-0.2, -0.15) is 10.5 Å². The number of nitriles is 2. The van der Waals surface area contributed by atoms with Gasteiger partial charge in [-0.1, -0.05) is 12.1 Å². The van der Waals surface area contributed by atoms with Crippen LogP contribution in [-0.2, 0) is 10.3 Å². The van der Waals surface area contributed by atoms with Gasteiger partial charge in [0.25, 0.3) is 0 Å². The minimum atomic E-state index is -0.0449. The molecule has 2 unspecified atom stereocenters. The van der Waals surface area contributed by atoms with Crippen molar-refractivity contribution in [3.05, 3.63) is 59.3 Å². The first-order valence-electron chi connectivity index (χ1n) is 10.8. The van der Waals surface area contributed by atoms with Crippen LogP contribution in [-0.4, -0.2) is 41.1 Å². The summed E-state index contributed by atoms with van der Waals surface area (Å²) in [6.45, 7) is 1.38. The molecule has 2 aromatic rings. The van der Waals surface area contributed by atoms with Crippen LogP contribution in [0.4, 0.5) is 5.82 Å². The normalized spacial score (nSPS) is 22.8. The molecular weight excluding hydrogens is 388 g/mol. The van der Waals surface area contributed by atoms with Crippen LogP contribution in [0.3, 0.4) is 0 Å². The highest BCUT2D eigenvalue weighted by Crippen LogP contribution is 2.45. The molecule has 0 radical (unpaired) electrons. The van der Waals surface area contributed by atoms with Crippen LogP contribution in [0, 0.1) is 22.7 Å². The molecule has 7 nitrogen and oxygen atoms in total. The Labute approximate surface area is 181 Å². The molecule has 7 heteroatoms. The van der Waals surface area contributed by atoms with Crippen molar-refractivity contribution in [2.75, 3.05) is 18.0 Å². The van der Waals surface area contributed by atoms with Gasteiger partial charge in [0.2, 0.25) is 5.91 Å². The maximum absolute atomic E-state index is 13.0. The molecule has 1 N–H and O–H groups in total. The van der Waals surface area contributed by atoms with E-state index in [9.17, 15) is 4.79 Å². The second-order valence-corrected chi connectivity index (χ2v) is 8.63. The lowest BCUT2D eigenvalue weighted by atomic mass is 10.0. The minimum absolute atomic E-state index is 0.0449. The Hall–Kier alpha value is -3.42. The molecular formula is C24H24N6O. The van der Waals surface area contributed by atoms with Crippen LogP contribution in [0.2, 0.25) is 0 Å². The van der Waals surface area contributed by atoms with Gasteiger partial charge in [0.15, 0.2) is 0 Å². The van der Waals surface area contributed by atoms with Gasteiger partial charge < -0.3 is 15.1 Å². The smallest absolute Gasteiger partial charge is 0.225 e. The van der Waals surface area contributed by atoms with Gasteiger partial charge in [-0.15, -0.1) is 0 Å². The maximum Gasteiger partial charge on any atom is 0.225 e. The van der Waals surface area contributed by atoms with Crippen molar-refractivity contribution in [3.8, 4) is 12.1 Å². The summed E-state index contributed by atoms with van der Waals surface area (Å²) in [7, 11) is 0. The van der Waals surface area contributed by atoms with Gasteiger partial charge in [0, 0.05) is 31.2 Å². The van der Waals surface area contributed by atoms with Crippen LogP contribution in [0.1, 0.15) is 48.8 Å². The Morgan fingerprint density at radius 2 is 1.84 bits per heavy atom. The van der Waals surface area contributed by atoms with E-state index >= 15 is 0 Å². The van der Waals surface area contributed by atoms with Crippen LogP contribution < -0.4 is 10.2 Å². The Morgan fingerprint density at radius 3 is 2.48 bits per heavy atom. The van der Waals surface area contributed by atoms with E-state index in [1.807, 2.05) is 35.2 Å². The number of carbonyl (C=O) groups excluding carboxylic acids is 1. The fourth-order valence-corrected chi connectivity index (χ4v) is 5.02. The molecule has 3 fully saturated rings. The first kappa shape index (κ1) is 19.5. The Morgan fingerprint density at radius 1 is 1.10 bits per heavy atom. The highest BCUT2D eigenvalue weighted by Gasteiger charge is 2.47. The molecule has 2 aliphatic heterocycles. The van der Waals surface area contributed by atoms with Crippen LogP contribution in [0.5, 0.6) is 0 Å². The van der Waals surface area contributed by atoms with Crippen molar-refractivity contribution in [2.45, 2.75) is 49.9 Å². The molecule has 1 aromatic heterocycles. The SMILES string of the molecule is N#Cc1ccc(C2(NCCC(=O)N3CC4CCC3N4c3ccc(C#N)cn3)CC2)cc1. The predicted octanol–water partition coefficient (Wildman–Crippen LogP) is 2.63. The fourth-order valence-electron chi connectivity index (χ4n) is 5.02. The summed E-state index contributed by atoms with van der Waals surface area (Å²) in [5.74, 6) is 1.02. The standard InChI is InChI=1S/C24H24N6O/c25-13-17-1-4-19(5-2-17)24(10-11-24)28-12-9-23(31)29-16-20-6-8-22(29)30(20)21-7-3-18(14-26)15-27-21/h1-5,7,15,20,22,28H,6,8-12,16H2. The van der Waals surface area contributed by atoms with Crippen molar-refractivity contribution in [1.82, 2.24) is 15.2 Å². The number of amides is 1. The Balaban J connectivity index is 1.19. The zero-order valence-corrected chi connectivity index (χ0v) is 17.3. The van der Waals surface area contributed by atoms with E-state index in [0.717, 1.165) is 38.0 Å². The van der Waals surface area contributed by atoms with Crippen molar-refractivity contribution < 1.29 is 4.79 Å². The average molecular weight is 412 g/mol. The van der Waals surface area contributed by atoms with Crippen molar-refractivity contribution >= 4 is 11.7 Å². The molecule has 1 aliphatic carbocycles. The van der Waals surface area contributed by atoms with Crippen molar-refractivity contribution in [3.63, 3.8) is 0 Å². The van der Waals surface area contributed by atoms with Crippen LogP contribution >= 0.6 is 0 Å².